The summed E-state index contributed by atoms with van der Waals surface area (Å²) in [4.78, 5) is 0.367. The van der Waals surface area contributed by atoms with Gasteiger partial charge in [0.1, 0.15) is 10.7 Å². The van der Waals surface area contributed by atoms with Crippen LogP contribution in [-0.2, 0) is 4.74 Å². The zero-order valence-electron chi connectivity index (χ0n) is 11.6. The Morgan fingerprint density at radius 1 is 1.11 bits per heavy atom. The van der Waals surface area contributed by atoms with Crippen LogP contribution in [0.4, 0.5) is 0 Å². The first-order valence-electron chi connectivity index (χ1n) is 6.85. The third kappa shape index (κ3) is 6.55. The lowest BCUT2D eigenvalue weighted by atomic mass is 10.2. The molecule has 1 aromatic carbocycles. The van der Waals surface area contributed by atoms with E-state index >= 15 is 0 Å². The van der Waals surface area contributed by atoms with Crippen molar-refractivity contribution < 1.29 is 9.47 Å². The first kappa shape index (κ1) is 15.9. The van der Waals surface area contributed by atoms with Crippen molar-refractivity contribution in [3.05, 3.63) is 29.8 Å². The van der Waals surface area contributed by atoms with Crippen LogP contribution in [0.3, 0.4) is 0 Å². The second kappa shape index (κ2) is 9.75. The topological polar surface area (TPSA) is 44.5 Å². The standard InChI is InChI=1S/C15H23NO2S/c1-2-3-6-10-17-11-7-12-18-14-9-5-4-8-13(14)15(16)19/h4-5,8-9H,2-3,6-7,10-12H2,1H3,(H2,16,19). The van der Waals surface area contributed by atoms with E-state index in [0.717, 1.165) is 37.4 Å². The number of rotatable bonds is 10. The van der Waals surface area contributed by atoms with Crippen LogP contribution in [0, 0.1) is 0 Å². The molecule has 3 nitrogen and oxygen atoms in total. The highest BCUT2D eigenvalue weighted by atomic mass is 32.1. The Bertz CT molecular complexity index is 382. The maximum absolute atomic E-state index is 5.68. The molecule has 0 aliphatic carbocycles. The fraction of sp³-hybridized carbons (Fsp3) is 0.533. The molecule has 106 valence electrons. The number of benzene rings is 1. The summed E-state index contributed by atoms with van der Waals surface area (Å²) >= 11 is 4.98. The lowest BCUT2D eigenvalue weighted by molar-refractivity contribution is 0.116. The summed E-state index contributed by atoms with van der Waals surface area (Å²) in [6.07, 6.45) is 4.47. The first-order valence-corrected chi connectivity index (χ1v) is 7.26. The van der Waals surface area contributed by atoms with Gasteiger partial charge in [-0.1, -0.05) is 44.1 Å². The summed E-state index contributed by atoms with van der Waals surface area (Å²) in [6.45, 7) is 4.39. The van der Waals surface area contributed by atoms with Gasteiger partial charge in [-0.3, -0.25) is 0 Å². The molecule has 0 aliphatic heterocycles. The van der Waals surface area contributed by atoms with Crippen molar-refractivity contribution in [1.82, 2.24) is 0 Å². The monoisotopic (exact) mass is 281 g/mol. The van der Waals surface area contributed by atoms with E-state index in [2.05, 4.69) is 6.92 Å². The largest absolute Gasteiger partial charge is 0.493 e. The molecule has 0 saturated heterocycles. The van der Waals surface area contributed by atoms with E-state index in [4.69, 9.17) is 27.4 Å². The maximum atomic E-state index is 5.68. The van der Waals surface area contributed by atoms with Gasteiger partial charge in [-0.05, 0) is 18.6 Å². The van der Waals surface area contributed by atoms with Crippen LogP contribution in [0.5, 0.6) is 5.75 Å². The van der Waals surface area contributed by atoms with E-state index in [1.165, 1.54) is 12.8 Å². The van der Waals surface area contributed by atoms with E-state index < -0.39 is 0 Å². The van der Waals surface area contributed by atoms with E-state index in [9.17, 15) is 0 Å². The molecule has 0 heterocycles. The molecule has 0 aromatic heterocycles. The van der Waals surface area contributed by atoms with Crippen LogP contribution in [-0.4, -0.2) is 24.8 Å². The lowest BCUT2D eigenvalue weighted by Gasteiger charge is -2.10. The third-order valence-electron chi connectivity index (χ3n) is 2.74. The van der Waals surface area contributed by atoms with E-state index in [0.29, 0.717) is 11.6 Å². The SMILES string of the molecule is CCCCCOCCCOc1ccccc1C(N)=S. The molecule has 0 unspecified atom stereocenters. The molecule has 0 aliphatic rings. The minimum Gasteiger partial charge on any atom is -0.493 e. The molecule has 0 saturated carbocycles. The average Bonchev–Trinajstić information content (AvgIpc) is 2.42. The number of para-hydroxylation sites is 1. The molecule has 0 bridgehead atoms. The fourth-order valence-electron chi connectivity index (χ4n) is 1.70. The number of nitrogens with two attached hydrogens (primary N) is 1. The molecule has 4 heteroatoms. The molecule has 1 aromatic rings. The minimum absolute atomic E-state index is 0.367. The van der Waals surface area contributed by atoms with Gasteiger partial charge >= 0.3 is 0 Å². The Balaban J connectivity index is 2.17. The van der Waals surface area contributed by atoms with Crippen molar-refractivity contribution in [1.29, 1.82) is 0 Å². The molecular weight excluding hydrogens is 258 g/mol. The molecule has 0 spiro atoms. The molecule has 1 rings (SSSR count). The van der Waals surface area contributed by atoms with Gasteiger partial charge in [-0.2, -0.15) is 0 Å². The second-order valence-corrected chi connectivity index (χ2v) is 4.82. The summed E-state index contributed by atoms with van der Waals surface area (Å²) in [5, 5.41) is 0. The summed E-state index contributed by atoms with van der Waals surface area (Å²) in [6, 6.07) is 7.58. The van der Waals surface area contributed by atoms with E-state index in [-0.39, 0.29) is 0 Å². The van der Waals surface area contributed by atoms with Gasteiger partial charge in [0.15, 0.2) is 0 Å². The Labute approximate surface area is 121 Å². The molecular formula is C15H23NO2S. The molecule has 0 radical (unpaired) electrons. The second-order valence-electron chi connectivity index (χ2n) is 4.38. The van der Waals surface area contributed by atoms with Gasteiger partial charge in [-0.25, -0.2) is 0 Å². The number of unbranched alkanes of at least 4 members (excludes halogenated alkanes) is 2. The fourth-order valence-corrected chi connectivity index (χ4v) is 1.86. The molecule has 0 atom stereocenters. The summed E-state index contributed by atoms with van der Waals surface area (Å²) in [5.74, 6) is 0.751. The van der Waals surface area contributed by atoms with E-state index in [1.807, 2.05) is 24.3 Å². The summed E-state index contributed by atoms with van der Waals surface area (Å²) in [7, 11) is 0. The van der Waals surface area contributed by atoms with Crippen LogP contribution < -0.4 is 10.5 Å². The molecule has 0 fully saturated rings. The van der Waals surface area contributed by atoms with Crippen LogP contribution in [0.15, 0.2) is 24.3 Å². The Morgan fingerprint density at radius 2 is 1.84 bits per heavy atom. The highest BCUT2D eigenvalue weighted by molar-refractivity contribution is 7.80. The minimum atomic E-state index is 0.367. The number of thiocarbonyl (C=S) groups is 1. The number of ether oxygens (including phenoxy) is 2. The normalized spacial score (nSPS) is 10.4. The highest BCUT2D eigenvalue weighted by Gasteiger charge is 2.04. The zero-order valence-corrected chi connectivity index (χ0v) is 12.4. The lowest BCUT2D eigenvalue weighted by Crippen LogP contribution is -2.12. The van der Waals surface area contributed by atoms with Gasteiger partial charge < -0.3 is 15.2 Å². The van der Waals surface area contributed by atoms with Crippen molar-refractivity contribution in [2.24, 2.45) is 5.73 Å². The van der Waals surface area contributed by atoms with Crippen molar-refractivity contribution in [2.45, 2.75) is 32.6 Å². The highest BCUT2D eigenvalue weighted by Crippen LogP contribution is 2.17. The number of hydrogen-bond donors (Lipinski definition) is 1. The zero-order chi connectivity index (χ0) is 13.9. The van der Waals surface area contributed by atoms with Crippen molar-refractivity contribution >= 4 is 17.2 Å². The van der Waals surface area contributed by atoms with Gasteiger partial charge in [0.05, 0.1) is 12.2 Å². The van der Waals surface area contributed by atoms with Crippen LogP contribution in [0.1, 0.15) is 38.2 Å². The average molecular weight is 281 g/mol. The Kier molecular flexibility index (Phi) is 8.18. The van der Waals surface area contributed by atoms with Gasteiger partial charge in [0.2, 0.25) is 0 Å². The van der Waals surface area contributed by atoms with Crippen molar-refractivity contribution in [3.8, 4) is 5.75 Å². The van der Waals surface area contributed by atoms with Gasteiger partial charge in [0, 0.05) is 19.6 Å². The predicted molar refractivity (Wildman–Crippen MR) is 82.8 cm³/mol. The maximum Gasteiger partial charge on any atom is 0.129 e. The van der Waals surface area contributed by atoms with Crippen molar-refractivity contribution in [3.63, 3.8) is 0 Å². The van der Waals surface area contributed by atoms with Crippen molar-refractivity contribution in [2.75, 3.05) is 19.8 Å². The van der Waals surface area contributed by atoms with Gasteiger partial charge in [-0.15, -0.1) is 0 Å². The predicted octanol–water partition coefficient (Wildman–Crippen LogP) is 3.30. The third-order valence-corrected chi connectivity index (χ3v) is 2.96. The first-order chi connectivity index (χ1) is 9.25. The summed E-state index contributed by atoms with van der Waals surface area (Å²) < 4.78 is 11.2. The quantitative estimate of drug-likeness (QED) is 0.528. The van der Waals surface area contributed by atoms with Crippen LogP contribution >= 0.6 is 12.2 Å². The number of hydrogen-bond acceptors (Lipinski definition) is 3. The molecule has 2 N–H and O–H groups in total. The Hall–Kier alpha value is -1.13. The van der Waals surface area contributed by atoms with Crippen LogP contribution in [0.2, 0.25) is 0 Å². The van der Waals surface area contributed by atoms with Gasteiger partial charge in [0.25, 0.3) is 0 Å². The Morgan fingerprint density at radius 3 is 2.58 bits per heavy atom. The summed E-state index contributed by atoms with van der Waals surface area (Å²) in [5.41, 5.74) is 6.43. The van der Waals surface area contributed by atoms with E-state index in [1.54, 1.807) is 0 Å². The van der Waals surface area contributed by atoms with Crippen LogP contribution in [0.25, 0.3) is 0 Å². The smallest absolute Gasteiger partial charge is 0.129 e. The molecule has 19 heavy (non-hydrogen) atoms. The molecule has 0 amide bonds.